The van der Waals surface area contributed by atoms with Gasteiger partial charge in [-0.1, -0.05) is 0 Å². The minimum Gasteiger partial charge on any atom is -0.496 e. The largest absolute Gasteiger partial charge is 0.496 e. The van der Waals surface area contributed by atoms with Gasteiger partial charge in [0.25, 0.3) is 0 Å². The van der Waals surface area contributed by atoms with Crippen LogP contribution in [0.25, 0.3) is 0 Å². The van der Waals surface area contributed by atoms with Gasteiger partial charge >= 0.3 is 0 Å². The summed E-state index contributed by atoms with van der Waals surface area (Å²) in [6.45, 7) is 2.32. The highest BCUT2D eigenvalue weighted by molar-refractivity contribution is 5.34. The molecule has 0 atom stereocenters. The second kappa shape index (κ2) is 6.45. The molecule has 0 radical (unpaired) electrons. The molecule has 0 aliphatic heterocycles. The van der Waals surface area contributed by atoms with Crippen LogP contribution in [-0.2, 0) is 6.42 Å². The number of hydrogen-bond acceptors (Lipinski definition) is 3. The van der Waals surface area contributed by atoms with Crippen molar-refractivity contribution in [2.45, 2.75) is 6.42 Å². The topological polar surface area (TPSA) is 38.5 Å². The van der Waals surface area contributed by atoms with Gasteiger partial charge in [0.15, 0.2) is 0 Å². The molecule has 4 heteroatoms. The van der Waals surface area contributed by atoms with Crippen LogP contribution in [0.3, 0.4) is 0 Å². The summed E-state index contributed by atoms with van der Waals surface area (Å²) in [5.74, 6) is 0.514. The normalized spacial score (nSPS) is 10.8. The molecule has 3 nitrogen and oxygen atoms in total. The summed E-state index contributed by atoms with van der Waals surface area (Å²) in [4.78, 5) is 2.12. The van der Waals surface area contributed by atoms with Gasteiger partial charge in [-0.15, -0.1) is 0 Å². The van der Waals surface area contributed by atoms with Crippen LogP contribution in [0.5, 0.6) is 5.75 Å². The fourth-order valence-electron chi connectivity index (χ4n) is 1.59. The predicted octanol–water partition coefficient (Wildman–Crippen LogP) is 1.27. The highest BCUT2D eigenvalue weighted by atomic mass is 19.1. The Hall–Kier alpha value is -1.13. The number of ether oxygens (including phenoxy) is 1. The molecule has 90 valence electrons. The molecule has 0 aliphatic carbocycles. The Morgan fingerprint density at radius 3 is 2.75 bits per heavy atom. The van der Waals surface area contributed by atoms with Crippen molar-refractivity contribution in [3.63, 3.8) is 0 Å². The van der Waals surface area contributed by atoms with Crippen molar-refractivity contribution in [3.05, 3.63) is 29.6 Å². The zero-order valence-electron chi connectivity index (χ0n) is 9.87. The second-order valence-electron chi connectivity index (χ2n) is 3.80. The standard InChI is InChI=1S/C12H19FN2O/c1-15(8-6-14)7-5-10-9-11(13)3-4-12(10)16-2/h3-4,9H,5-8,14H2,1-2H3. The molecular formula is C12H19FN2O. The van der Waals surface area contributed by atoms with E-state index >= 15 is 0 Å². The van der Waals surface area contributed by atoms with E-state index in [9.17, 15) is 4.39 Å². The third-order valence-corrected chi connectivity index (χ3v) is 2.52. The summed E-state index contributed by atoms with van der Waals surface area (Å²) < 4.78 is 18.2. The van der Waals surface area contributed by atoms with E-state index in [2.05, 4.69) is 4.90 Å². The zero-order valence-corrected chi connectivity index (χ0v) is 9.87. The first-order valence-corrected chi connectivity index (χ1v) is 5.38. The van der Waals surface area contributed by atoms with Gasteiger partial charge in [0.05, 0.1) is 7.11 Å². The molecule has 0 spiro atoms. The van der Waals surface area contributed by atoms with Crippen molar-refractivity contribution in [1.29, 1.82) is 0 Å². The molecular weight excluding hydrogens is 207 g/mol. The lowest BCUT2D eigenvalue weighted by Crippen LogP contribution is -2.27. The summed E-state index contributed by atoms with van der Waals surface area (Å²) in [7, 11) is 3.60. The van der Waals surface area contributed by atoms with E-state index in [4.69, 9.17) is 10.5 Å². The van der Waals surface area contributed by atoms with Crippen molar-refractivity contribution in [2.75, 3.05) is 33.8 Å². The van der Waals surface area contributed by atoms with Crippen LogP contribution < -0.4 is 10.5 Å². The third-order valence-electron chi connectivity index (χ3n) is 2.52. The van der Waals surface area contributed by atoms with E-state index in [0.717, 1.165) is 30.8 Å². The molecule has 0 aliphatic rings. The smallest absolute Gasteiger partial charge is 0.123 e. The first-order chi connectivity index (χ1) is 7.67. The minimum absolute atomic E-state index is 0.225. The number of hydrogen-bond donors (Lipinski definition) is 1. The van der Waals surface area contributed by atoms with E-state index in [0.29, 0.717) is 6.54 Å². The van der Waals surface area contributed by atoms with E-state index < -0.39 is 0 Å². The number of methoxy groups -OCH3 is 1. The van der Waals surface area contributed by atoms with E-state index in [1.54, 1.807) is 13.2 Å². The van der Waals surface area contributed by atoms with Crippen molar-refractivity contribution < 1.29 is 9.13 Å². The second-order valence-corrected chi connectivity index (χ2v) is 3.80. The SMILES string of the molecule is COc1ccc(F)cc1CCN(C)CCN. The third kappa shape index (κ3) is 3.79. The lowest BCUT2D eigenvalue weighted by molar-refractivity contribution is 0.343. The number of rotatable bonds is 6. The fourth-order valence-corrected chi connectivity index (χ4v) is 1.59. The van der Waals surface area contributed by atoms with Gasteiger partial charge in [0.2, 0.25) is 0 Å². The highest BCUT2D eigenvalue weighted by Crippen LogP contribution is 2.19. The summed E-state index contributed by atoms with van der Waals surface area (Å²) in [6.07, 6.45) is 0.761. The monoisotopic (exact) mass is 226 g/mol. The van der Waals surface area contributed by atoms with Crippen molar-refractivity contribution in [1.82, 2.24) is 4.90 Å². The van der Waals surface area contributed by atoms with Crippen LogP contribution in [0.2, 0.25) is 0 Å². The molecule has 0 heterocycles. The van der Waals surface area contributed by atoms with Crippen LogP contribution in [0, 0.1) is 5.82 Å². The average Bonchev–Trinajstić information content (AvgIpc) is 2.27. The quantitative estimate of drug-likeness (QED) is 0.794. The minimum atomic E-state index is -0.225. The van der Waals surface area contributed by atoms with E-state index in [1.165, 1.54) is 12.1 Å². The number of nitrogens with two attached hydrogens (primary N) is 1. The maximum absolute atomic E-state index is 13.1. The Kier molecular flexibility index (Phi) is 5.22. The Bertz CT molecular complexity index is 331. The van der Waals surface area contributed by atoms with Gasteiger partial charge in [-0.3, -0.25) is 0 Å². The van der Waals surface area contributed by atoms with Crippen LogP contribution in [0.4, 0.5) is 4.39 Å². The Morgan fingerprint density at radius 2 is 2.12 bits per heavy atom. The molecule has 1 aromatic carbocycles. The zero-order chi connectivity index (χ0) is 12.0. The lowest BCUT2D eigenvalue weighted by Gasteiger charge is -2.16. The van der Waals surface area contributed by atoms with Gasteiger partial charge in [-0.05, 0) is 37.2 Å². The molecule has 0 aromatic heterocycles. The molecule has 0 saturated carbocycles. The van der Waals surface area contributed by atoms with Crippen LogP contribution in [-0.4, -0.2) is 38.7 Å². The maximum atomic E-state index is 13.1. The predicted molar refractivity (Wildman–Crippen MR) is 63.2 cm³/mol. The molecule has 16 heavy (non-hydrogen) atoms. The van der Waals surface area contributed by atoms with Crippen molar-refractivity contribution in [2.24, 2.45) is 5.73 Å². The van der Waals surface area contributed by atoms with Crippen molar-refractivity contribution >= 4 is 0 Å². The van der Waals surface area contributed by atoms with Gasteiger partial charge in [-0.2, -0.15) is 0 Å². The number of nitrogens with zero attached hydrogens (tertiary/aromatic N) is 1. The van der Waals surface area contributed by atoms with Crippen LogP contribution >= 0.6 is 0 Å². The first kappa shape index (κ1) is 12.9. The number of likely N-dealkylation sites (N-methyl/N-ethyl adjacent to an activating group) is 1. The molecule has 1 aromatic rings. The first-order valence-electron chi connectivity index (χ1n) is 5.38. The summed E-state index contributed by atoms with van der Waals surface area (Å²) in [6, 6.07) is 4.59. The lowest BCUT2D eigenvalue weighted by atomic mass is 10.1. The van der Waals surface area contributed by atoms with E-state index in [1.807, 2.05) is 7.05 Å². The van der Waals surface area contributed by atoms with Gasteiger partial charge in [-0.25, -0.2) is 4.39 Å². The highest BCUT2D eigenvalue weighted by Gasteiger charge is 2.05. The maximum Gasteiger partial charge on any atom is 0.123 e. The fraction of sp³-hybridized carbons (Fsp3) is 0.500. The van der Waals surface area contributed by atoms with Gasteiger partial charge in [0, 0.05) is 19.6 Å². The van der Waals surface area contributed by atoms with Crippen molar-refractivity contribution in [3.8, 4) is 5.75 Å². The average molecular weight is 226 g/mol. The van der Waals surface area contributed by atoms with Gasteiger partial charge in [0.1, 0.15) is 11.6 Å². The van der Waals surface area contributed by atoms with Gasteiger partial charge < -0.3 is 15.4 Å². The molecule has 2 N–H and O–H groups in total. The molecule has 0 bridgehead atoms. The summed E-state index contributed by atoms with van der Waals surface area (Å²) in [5, 5.41) is 0. The Morgan fingerprint density at radius 1 is 1.38 bits per heavy atom. The molecule has 0 amide bonds. The van der Waals surface area contributed by atoms with Crippen LogP contribution in [0.1, 0.15) is 5.56 Å². The molecule has 0 saturated heterocycles. The van der Waals surface area contributed by atoms with Crippen LogP contribution in [0.15, 0.2) is 18.2 Å². The molecule has 1 rings (SSSR count). The number of benzene rings is 1. The Balaban J connectivity index is 2.61. The molecule has 0 unspecified atom stereocenters. The summed E-state index contributed by atoms with van der Waals surface area (Å²) in [5.41, 5.74) is 6.35. The number of halogens is 1. The Labute approximate surface area is 96.0 Å². The summed E-state index contributed by atoms with van der Waals surface area (Å²) >= 11 is 0. The van der Waals surface area contributed by atoms with E-state index in [-0.39, 0.29) is 5.82 Å². The molecule has 0 fully saturated rings.